The summed E-state index contributed by atoms with van der Waals surface area (Å²) in [4.78, 5) is 4.27. The summed E-state index contributed by atoms with van der Waals surface area (Å²) in [6.07, 6.45) is 8.09. The molecule has 0 radical (unpaired) electrons. The van der Waals surface area contributed by atoms with Crippen molar-refractivity contribution in [2.45, 2.75) is 58.5 Å². The van der Waals surface area contributed by atoms with Gasteiger partial charge in [-0.05, 0) is 18.8 Å². The maximum absolute atomic E-state index is 5.59. The molecule has 2 atom stereocenters. The van der Waals surface area contributed by atoms with Gasteiger partial charge in [-0.25, -0.2) is 4.98 Å². The van der Waals surface area contributed by atoms with Gasteiger partial charge >= 0.3 is 0 Å². The quantitative estimate of drug-likeness (QED) is 0.832. The first kappa shape index (κ1) is 11.6. The molecule has 0 amide bonds. The molecule has 0 bridgehead atoms. The second kappa shape index (κ2) is 5.48. The van der Waals surface area contributed by atoms with E-state index >= 15 is 0 Å². The lowest BCUT2D eigenvalue weighted by molar-refractivity contribution is 0.360. The highest BCUT2D eigenvalue weighted by Crippen LogP contribution is 2.28. The van der Waals surface area contributed by atoms with Crippen LogP contribution >= 0.6 is 0 Å². The van der Waals surface area contributed by atoms with Crippen molar-refractivity contribution in [1.29, 1.82) is 0 Å². The zero-order valence-corrected chi connectivity index (χ0v) is 10.3. The van der Waals surface area contributed by atoms with Crippen LogP contribution in [-0.4, -0.2) is 11.0 Å². The molecule has 2 unspecified atom stereocenters. The van der Waals surface area contributed by atoms with Crippen LogP contribution in [0.1, 0.15) is 51.2 Å². The Bertz CT molecular complexity index is 321. The molecule has 0 saturated heterocycles. The van der Waals surface area contributed by atoms with Gasteiger partial charge in [0.25, 0.3) is 0 Å². The molecule has 1 saturated carbocycles. The van der Waals surface area contributed by atoms with Crippen molar-refractivity contribution >= 4 is 0 Å². The van der Waals surface area contributed by atoms with E-state index in [-0.39, 0.29) is 0 Å². The van der Waals surface area contributed by atoms with Crippen molar-refractivity contribution in [3.63, 3.8) is 0 Å². The van der Waals surface area contributed by atoms with Gasteiger partial charge in [0.2, 0.25) is 5.89 Å². The molecule has 1 aromatic rings. The minimum atomic E-state index is 0.668. The van der Waals surface area contributed by atoms with Crippen LogP contribution in [0.15, 0.2) is 10.6 Å². The zero-order valence-electron chi connectivity index (χ0n) is 10.3. The van der Waals surface area contributed by atoms with Crippen LogP contribution in [0.5, 0.6) is 0 Å². The van der Waals surface area contributed by atoms with Crippen molar-refractivity contribution in [3.05, 3.63) is 17.8 Å². The molecule has 0 aromatic carbocycles. The van der Waals surface area contributed by atoms with Crippen LogP contribution < -0.4 is 5.32 Å². The molecule has 3 nitrogen and oxygen atoms in total. The van der Waals surface area contributed by atoms with E-state index in [1.165, 1.54) is 25.7 Å². The van der Waals surface area contributed by atoms with Gasteiger partial charge in [-0.15, -0.1) is 0 Å². The van der Waals surface area contributed by atoms with Crippen molar-refractivity contribution in [3.8, 4) is 0 Å². The summed E-state index contributed by atoms with van der Waals surface area (Å²) in [6, 6.07) is 0.668. The average molecular weight is 222 g/mol. The van der Waals surface area contributed by atoms with Crippen LogP contribution in [0.25, 0.3) is 0 Å². The highest BCUT2D eigenvalue weighted by Gasteiger charge is 2.25. The van der Waals surface area contributed by atoms with E-state index in [0.717, 1.165) is 30.5 Å². The SMILES string of the molecule is CCc1cnc(CNC2CCCC2CC)o1. The Balaban J connectivity index is 1.82. The van der Waals surface area contributed by atoms with E-state index < -0.39 is 0 Å². The first-order chi connectivity index (χ1) is 7.83. The fourth-order valence-corrected chi connectivity index (χ4v) is 2.61. The molecular weight excluding hydrogens is 200 g/mol. The summed E-state index contributed by atoms with van der Waals surface area (Å²) in [5, 5.41) is 3.58. The normalized spacial score (nSPS) is 25.1. The molecule has 1 aromatic heterocycles. The van der Waals surface area contributed by atoms with Crippen LogP contribution in [0.3, 0.4) is 0 Å². The molecule has 1 N–H and O–H groups in total. The predicted molar refractivity (Wildman–Crippen MR) is 64.1 cm³/mol. The highest BCUT2D eigenvalue weighted by molar-refractivity contribution is 4.94. The summed E-state index contributed by atoms with van der Waals surface area (Å²) in [7, 11) is 0. The first-order valence-electron chi connectivity index (χ1n) is 6.50. The molecule has 1 heterocycles. The van der Waals surface area contributed by atoms with Crippen molar-refractivity contribution < 1.29 is 4.42 Å². The molecule has 1 aliphatic rings. The summed E-state index contributed by atoms with van der Waals surface area (Å²) >= 11 is 0. The average Bonchev–Trinajstić information content (AvgIpc) is 2.94. The van der Waals surface area contributed by atoms with Gasteiger partial charge < -0.3 is 9.73 Å². The van der Waals surface area contributed by atoms with E-state index in [9.17, 15) is 0 Å². The molecule has 1 fully saturated rings. The van der Waals surface area contributed by atoms with E-state index in [2.05, 4.69) is 24.1 Å². The Hall–Kier alpha value is -0.830. The standard InChI is InChI=1S/C13H22N2O/c1-3-10-6-5-7-12(10)14-9-13-15-8-11(4-2)16-13/h8,10,12,14H,3-7,9H2,1-2H3. The van der Waals surface area contributed by atoms with Gasteiger partial charge in [0.15, 0.2) is 0 Å². The topological polar surface area (TPSA) is 38.1 Å². The molecule has 0 aliphatic heterocycles. The van der Waals surface area contributed by atoms with Crippen LogP contribution in [-0.2, 0) is 13.0 Å². The Morgan fingerprint density at radius 2 is 2.31 bits per heavy atom. The molecule has 90 valence electrons. The molecule has 2 rings (SSSR count). The monoisotopic (exact) mass is 222 g/mol. The van der Waals surface area contributed by atoms with Gasteiger partial charge in [0.05, 0.1) is 12.7 Å². The van der Waals surface area contributed by atoms with Crippen LogP contribution in [0.4, 0.5) is 0 Å². The van der Waals surface area contributed by atoms with E-state index in [1.807, 2.05) is 6.20 Å². The number of nitrogens with one attached hydrogen (secondary N) is 1. The van der Waals surface area contributed by atoms with Gasteiger partial charge in [0.1, 0.15) is 5.76 Å². The van der Waals surface area contributed by atoms with E-state index in [4.69, 9.17) is 4.42 Å². The van der Waals surface area contributed by atoms with Gasteiger partial charge in [-0.2, -0.15) is 0 Å². The predicted octanol–water partition coefficient (Wildman–Crippen LogP) is 2.91. The summed E-state index contributed by atoms with van der Waals surface area (Å²) < 4.78 is 5.59. The number of hydrogen-bond donors (Lipinski definition) is 1. The fourth-order valence-electron chi connectivity index (χ4n) is 2.61. The van der Waals surface area contributed by atoms with Crippen LogP contribution in [0.2, 0.25) is 0 Å². The van der Waals surface area contributed by atoms with Crippen molar-refractivity contribution in [1.82, 2.24) is 10.3 Å². The third kappa shape index (κ3) is 2.64. The maximum Gasteiger partial charge on any atom is 0.208 e. The number of aromatic nitrogens is 1. The number of hydrogen-bond acceptors (Lipinski definition) is 3. The second-order valence-corrected chi connectivity index (χ2v) is 4.66. The maximum atomic E-state index is 5.59. The fraction of sp³-hybridized carbons (Fsp3) is 0.769. The van der Waals surface area contributed by atoms with E-state index in [1.54, 1.807) is 0 Å². The van der Waals surface area contributed by atoms with Crippen LogP contribution in [0, 0.1) is 5.92 Å². The number of aryl methyl sites for hydroxylation is 1. The lowest BCUT2D eigenvalue weighted by Crippen LogP contribution is -2.31. The summed E-state index contributed by atoms with van der Waals surface area (Å²) in [6.45, 7) is 5.15. The van der Waals surface area contributed by atoms with Crippen molar-refractivity contribution in [2.24, 2.45) is 5.92 Å². The van der Waals surface area contributed by atoms with Gasteiger partial charge in [0, 0.05) is 12.5 Å². The molecule has 3 heteroatoms. The molecule has 1 aliphatic carbocycles. The largest absolute Gasteiger partial charge is 0.444 e. The smallest absolute Gasteiger partial charge is 0.208 e. The van der Waals surface area contributed by atoms with Crippen molar-refractivity contribution in [2.75, 3.05) is 0 Å². The lowest BCUT2D eigenvalue weighted by atomic mass is 10.0. The van der Waals surface area contributed by atoms with Gasteiger partial charge in [-0.3, -0.25) is 0 Å². The minimum absolute atomic E-state index is 0.668. The summed E-state index contributed by atoms with van der Waals surface area (Å²) in [5.74, 6) is 2.66. The number of nitrogens with zero attached hydrogens (tertiary/aromatic N) is 1. The molecular formula is C13H22N2O. The zero-order chi connectivity index (χ0) is 11.4. The highest BCUT2D eigenvalue weighted by atomic mass is 16.4. The molecule has 0 spiro atoms. The summed E-state index contributed by atoms with van der Waals surface area (Å²) in [5.41, 5.74) is 0. The Labute approximate surface area is 97.6 Å². The lowest BCUT2D eigenvalue weighted by Gasteiger charge is -2.18. The third-order valence-corrected chi connectivity index (χ3v) is 3.65. The first-order valence-corrected chi connectivity index (χ1v) is 6.50. The third-order valence-electron chi connectivity index (χ3n) is 3.65. The number of rotatable bonds is 5. The Kier molecular flexibility index (Phi) is 3.99. The molecule has 16 heavy (non-hydrogen) atoms. The Morgan fingerprint density at radius 1 is 1.44 bits per heavy atom. The van der Waals surface area contributed by atoms with Gasteiger partial charge in [-0.1, -0.05) is 26.7 Å². The van der Waals surface area contributed by atoms with E-state index in [0.29, 0.717) is 6.04 Å². The number of oxazole rings is 1. The second-order valence-electron chi connectivity index (χ2n) is 4.66. The Morgan fingerprint density at radius 3 is 3.00 bits per heavy atom. The minimum Gasteiger partial charge on any atom is -0.444 e.